The molecule has 1 amide bonds. The number of methoxy groups -OCH3 is 1. The van der Waals surface area contributed by atoms with Crippen LogP contribution in [0.3, 0.4) is 0 Å². The molecule has 1 aliphatic heterocycles. The van der Waals surface area contributed by atoms with E-state index in [4.69, 9.17) is 9.47 Å². The Morgan fingerprint density at radius 2 is 1.97 bits per heavy atom. The molecule has 1 atom stereocenters. The molecule has 3 heterocycles. The van der Waals surface area contributed by atoms with Crippen LogP contribution in [0.15, 0.2) is 67.0 Å². The number of aromatic amines is 1. The fraction of sp³-hybridized carbons (Fsp3) is 0.222. The number of carbonyl (C=O) groups excluding carboxylic acids is 1. The summed E-state index contributed by atoms with van der Waals surface area (Å²) in [7, 11) is 1.60. The van der Waals surface area contributed by atoms with Gasteiger partial charge in [0, 0.05) is 30.1 Å². The minimum absolute atomic E-state index is 0.0969. The van der Waals surface area contributed by atoms with Crippen molar-refractivity contribution in [2.45, 2.75) is 25.9 Å². The molecule has 2 aromatic heterocycles. The third-order valence-corrected chi connectivity index (χ3v) is 6.06. The summed E-state index contributed by atoms with van der Waals surface area (Å²) in [5.74, 6) is 1.16. The van der Waals surface area contributed by atoms with E-state index in [9.17, 15) is 9.90 Å². The number of rotatable bonds is 8. The van der Waals surface area contributed by atoms with Gasteiger partial charge < -0.3 is 19.5 Å². The highest BCUT2D eigenvalue weighted by molar-refractivity contribution is 6.00. The Labute approximate surface area is 203 Å². The highest BCUT2D eigenvalue weighted by atomic mass is 16.5. The van der Waals surface area contributed by atoms with Crippen molar-refractivity contribution in [3.8, 4) is 28.5 Å². The fourth-order valence-electron chi connectivity index (χ4n) is 4.46. The Kier molecular flexibility index (Phi) is 6.10. The number of hydrogen-bond acceptors (Lipinski definition) is 6. The molecule has 2 aromatic carbocycles. The molecular formula is C27H26N4O4. The standard InChI is InChI=1S/C27H26N4O4/c1-3-13-35-21-11-10-18(14-22(21)34-2)26-23-24(19-8-4-5-9-20(19)32)29-30-25(23)27(33)31(26)16-17-7-6-12-28-15-17/h4-12,14-15,26,32H,3,13,16H2,1-2H3,(H,29,30)/t26-/m1/s1. The Morgan fingerprint density at radius 3 is 2.71 bits per heavy atom. The number of H-pyrrole nitrogens is 1. The molecule has 0 unspecified atom stereocenters. The topological polar surface area (TPSA) is 101 Å². The number of phenols is 1. The average molecular weight is 471 g/mol. The molecule has 35 heavy (non-hydrogen) atoms. The molecule has 178 valence electrons. The van der Waals surface area contributed by atoms with Gasteiger partial charge >= 0.3 is 0 Å². The van der Waals surface area contributed by atoms with Crippen molar-refractivity contribution in [1.82, 2.24) is 20.1 Å². The van der Waals surface area contributed by atoms with Crippen molar-refractivity contribution in [1.29, 1.82) is 0 Å². The Hall–Kier alpha value is -4.33. The van der Waals surface area contributed by atoms with E-state index in [1.165, 1.54) is 0 Å². The lowest BCUT2D eigenvalue weighted by Gasteiger charge is -2.27. The monoisotopic (exact) mass is 470 g/mol. The molecule has 0 radical (unpaired) electrons. The lowest BCUT2D eigenvalue weighted by atomic mass is 9.95. The molecule has 0 fully saturated rings. The minimum atomic E-state index is -0.458. The van der Waals surface area contributed by atoms with E-state index >= 15 is 0 Å². The summed E-state index contributed by atoms with van der Waals surface area (Å²) in [4.78, 5) is 19.6. The van der Waals surface area contributed by atoms with E-state index in [1.807, 2.05) is 43.3 Å². The summed E-state index contributed by atoms with van der Waals surface area (Å²) in [6.45, 7) is 2.98. The summed E-state index contributed by atoms with van der Waals surface area (Å²) >= 11 is 0. The minimum Gasteiger partial charge on any atom is -0.507 e. The molecule has 0 aliphatic carbocycles. The highest BCUT2D eigenvalue weighted by Gasteiger charge is 2.42. The first-order valence-electron chi connectivity index (χ1n) is 11.5. The molecule has 0 saturated heterocycles. The zero-order valence-electron chi connectivity index (χ0n) is 19.6. The number of benzene rings is 2. The SMILES string of the molecule is CCCOc1ccc([C@@H]2c3c(-c4ccccc4O)n[nH]c3C(=O)N2Cc2cccnc2)cc1OC. The molecule has 0 spiro atoms. The van der Waals surface area contributed by atoms with Crippen LogP contribution >= 0.6 is 0 Å². The lowest BCUT2D eigenvalue weighted by Crippen LogP contribution is -2.29. The van der Waals surface area contributed by atoms with Crippen molar-refractivity contribution in [2.75, 3.05) is 13.7 Å². The number of phenolic OH excluding ortho intramolecular Hbond substituents is 1. The number of hydrogen-bond donors (Lipinski definition) is 2. The third-order valence-electron chi connectivity index (χ3n) is 6.06. The summed E-state index contributed by atoms with van der Waals surface area (Å²) in [5, 5.41) is 17.9. The average Bonchev–Trinajstić information content (AvgIpc) is 3.42. The van der Waals surface area contributed by atoms with Crippen LogP contribution in [0.4, 0.5) is 0 Å². The molecule has 0 saturated carbocycles. The molecule has 4 aromatic rings. The number of ether oxygens (including phenoxy) is 2. The first-order valence-corrected chi connectivity index (χ1v) is 11.5. The molecule has 8 nitrogen and oxygen atoms in total. The summed E-state index contributed by atoms with van der Waals surface area (Å²) < 4.78 is 11.5. The zero-order valence-corrected chi connectivity index (χ0v) is 19.6. The molecule has 0 bridgehead atoms. The van der Waals surface area contributed by atoms with Crippen LogP contribution < -0.4 is 9.47 Å². The maximum atomic E-state index is 13.6. The number of para-hydroxylation sites is 1. The molecule has 1 aliphatic rings. The van der Waals surface area contributed by atoms with Gasteiger partial charge in [-0.2, -0.15) is 5.10 Å². The normalized spacial score (nSPS) is 14.7. The van der Waals surface area contributed by atoms with Crippen LogP contribution in [0.2, 0.25) is 0 Å². The van der Waals surface area contributed by atoms with Gasteiger partial charge in [-0.25, -0.2) is 0 Å². The van der Waals surface area contributed by atoms with Crippen molar-refractivity contribution in [2.24, 2.45) is 0 Å². The van der Waals surface area contributed by atoms with Crippen LogP contribution in [0.25, 0.3) is 11.3 Å². The van der Waals surface area contributed by atoms with Gasteiger partial charge in [0.05, 0.1) is 19.8 Å². The largest absolute Gasteiger partial charge is 0.507 e. The predicted octanol–water partition coefficient (Wildman–Crippen LogP) is 4.72. The van der Waals surface area contributed by atoms with Gasteiger partial charge in [0.15, 0.2) is 11.5 Å². The third kappa shape index (κ3) is 4.07. The van der Waals surface area contributed by atoms with E-state index in [-0.39, 0.29) is 11.7 Å². The second-order valence-electron chi connectivity index (χ2n) is 8.33. The number of nitrogens with zero attached hydrogens (tertiary/aromatic N) is 3. The van der Waals surface area contributed by atoms with Crippen LogP contribution in [-0.2, 0) is 6.54 Å². The van der Waals surface area contributed by atoms with E-state index in [0.717, 1.165) is 17.5 Å². The summed E-state index contributed by atoms with van der Waals surface area (Å²) in [6.07, 6.45) is 4.33. The van der Waals surface area contributed by atoms with Gasteiger partial charge in [0.2, 0.25) is 0 Å². The van der Waals surface area contributed by atoms with Gasteiger partial charge in [-0.1, -0.05) is 31.2 Å². The number of aromatic nitrogens is 3. The number of carbonyl (C=O) groups is 1. The second-order valence-corrected chi connectivity index (χ2v) is 8.33. The molecule has 5 rings (SSSR count). The summed E-state index contributed by atoms with van der Waals surface area (Å²) in [5.41, 5.74) is 3.96. The Balaban J connectivity index is 1.65. The maximum Gasteiger partial charge on any atom is 0.273 e. The first-order chi connectivity index (χ1) is 17.1. The Bertz CT molecular complexity index is 1350. The second kappa shape index (κ2) is 9.50. The maximum absolute atomic E-state index is 13.6. The van der Waals surface area contributed by atoms with Crippen LogP contribution in [0.1, 0.15) is 46.6 Å². The number of pyridine rings is 1. The Morgan fingerprint density at radius 1 is 1.11 bits per heavy atom. The van der Waals surface area contributed by atoms with E-state index in [1.54, 1.807) is 42.6 Å². The number of fused-ring (bicyclic) bond motifs is 1. The van der Waals surface area contributed by atoms with Crippen LogP contribution in [0.5, 0.6) is 17.2 Å². The zero-order chi connectivity index (χ0) is 24.4. The van der Waals surface area contributed by atoms with Gasteiger partial charge in [-0.3, -0.25) is 14.9 Å². The smallest absolute Gasteiger partial charge is 0.273 e. The number of aromatic hydroxyl groups is 1. The van der Waals surface area contributed by atoms with Crippen LogP contribution in [0, 0.1) is 0 Å². The van der Waals surface area contributed by atoms with Crippen molar-refractivity contribution < 1.29 is 19.4 Å². The van der Waals surface area contributed by atoms with Gasteiger partial charge in [0.25, 0.3) is 5.91 Å². The van der Waals surface area contributed by atoms with Gasteiger partial charge in [0.1, 0.15) is 17.1 Å². The molecule has 2 N–H and O–H groups in total. The molecule has 8 heteroatoms. The first kappa shape index (κ1) is 22.5. The number of nitrogens with one attached hydrogen (secondary N) is 1. The predicted molar refractivity (Wildman–Crippen MR) is 130 cm³/mol. The van der Waals surface area contributed by atoms with E-state index in [2.05, 4.69) is 15.2 Å². The van der Waals surface area contributed by atoms with E-state index in [0.29, 0.717) is 47.2 Å². The van der Waals surface area contributed by atoms with Gasteiger partial charge in [-0.05, 0) is 47.9 Å². The highest BCUT2D eigenvalue weighted by Crippen LogP contribution is 2.46. The summed E-state index contributed by atoms with van der Waals surface area (Å²) in [6, 6.07) is 16.0. The van der Waals surface area contributed by atoms with Gasteiger partial charge in [-0.15, -0.1) is 0 Å². The lowest BCUT2D eigenvalue weighted by molar-refractivity contribution is 0.0729. The quantitative estimate of drug-likeness (QED) is 0.387. The van der Waals surface area contributed by atoms with Crippen molar-refractivity contribution in [3.05, 3.63) is 89.4 Å². The molecular weight excluding hydrogens is 444 g/mol. The van der Waals surface area contributed by atoms with Crippen molar-refractivity contribution >= 4 is 5.91 Å². The van der Waals surface area contributed by atoms with E-state index < -0.39 is 6.04 Å². The van der Waals surface area contributed by atoms with Crippen LogP contribution in [-0.4, -0.2) is 44.8 Å². The number of amides is 1. The van der Waals surface area contributed by atoms with Crippen molar-refractivity contribution in [3.63, 3.8) is 0 Å². The fourth-order valence-corrected chi connectivity index (χ4v) is 4.46.